The van der Waals surface area contributed by atoms with Crippen molar-refractivity contribution in [2.75, 3.05) is 24.3 Å². The fraction of sp³-hybridized carbons (Fsp3) is 0.308. The van der Waals surface area contributed by atoms with E-state index in [-0.39, 0.29) is 59.0 Å². The monoisotopic (exact) mass is 561 g/mol. The van der Waals surface area contributed by atoms with Crippen LogP contribution in [0.5, 0.6) is 0 Å². The SMILES string of the molecule is CC(=O)OCCN1C(=O)N(c2cccc(C(F)(F)F)c2)C2=C(C(=O)CC2)C1c1ccc(C#N)cc1S(C)(=O)=O. The van der Waals surface area contributed by atoms with Crippen LogP contribution in [0.2, 0.25) is 0 Å². The van der Waals surface area contributed by atoms with Gasteiger partial charge in [-0.2, -0.15) is 18.4 Å². The average molecular weight is 562 g/mol. The second-order valence-electron chi connectivity index (χ2n) is 9.02. The molecule has 0 saturated heterocycles. The van der Waals surface area contributed by atoms with Crippen molar-refractivity contribution in [3.05, 3.63) is 70.4 Å². The van der Waals surface area contributed by atoms with Crippen molar-refractivity contribution in [3.63, 3.8) is 0 Å². The first kappa shape index (κ1) is 27.8. The quantitative estimate of drug-likeness (QED) is 0.486. The lowest BCUT2D eigenvalue weighted by Gasteiger charge is -2.42. The molecule has 1 heterocycles. The number of hydrogen-bond acceptors (Lipinski definition) is 7. The lowest BCUT2D eigenvalue weighted by molar-refractivity contribution is -0.141. The number of ketones is 1. The van der Waals surface area contributed by atoms with E-state index in [1.54, 1.807) is 0 Å². The molecule has 39 heavy (non-hydrogen) atoms. The normalized spacial score (nSPS) is 17.8. The van der Waals surface area contributed by atoms with Gasteiger partial charge in [-0.05, 0) is 42.3 Å². The maximum atomic E-state index is 14.0. The maximum Gasteiger partial charge on any atom is 0.416 e. The molecule has 2 amide bonds. The number of nitriles is 1. The summed E-state index contributed by atoms with van der Waals surface area (Å²) in [6.45, 7) is 0.523. The molecule has 1 aliphatic carbocycles. The molecule has 0 radical (unpaired) electrons. The highest BCUT2D eigenvalue weighted by molar-refractivity contribution is 7.90. The lowest BCUT2D eigenvalue weighted by atomic mass is 9.92. The van der Waals surface area contributed by atoms with Crippen LogP contribution in [0.25, 0.3) is 0 Å². The van der Waals surface area contributed by atoms with Gasteiger partial charge in [0.15, 0.2) is 15.6 Å². The van der Waals surface area contributed by atoms with E-state index in [9.17, 15) is 41.2 Å². The summed E-state index contributed by atoms with van der Waals surface area (Å²) in [5.74, 6) is -1.07. The first-order valence-electron chi connectivity index (χ1n) is 11.7. The molecule has 13 heteroatoms. The van der Waals surface area contributed by atoms with E-state index < -0.39 is 45.4 Å². The standard InChI is InChI=1S/C26H22F3N3O6S/c1-15(33)38-11-10-31-24(19-7-6-16(14-30)12-22(19)39(2,36)37)23-20(8-9-21(23)34)32(25(31)35)18-5-3-4-17(13-18)26(27,28)29/h3-7,12-13,24H,8-11H2,1-2H3. The topological polar surface area (TPSA) is 125 Å². The van der Waals surface area contributed by atoms with Gasteiger partial charge in [-0.25, -0.2) is 13.2 Å². The van der Waals surface area contributed by atoms with Crippen molar-refractivity contribution >= 4 is 33.3 Å². The van der Waals surface area contributed by atoms with Gasteiger partial charge in [0.2, 0.25) is 0 Å². The van der Waals surface area contributed by atoms with E-state index >= 15 is 0 Å². The Morgan fingerprint density at radius 1 is 1.15 bits per heavy atom. The number of urea groups is 1. The second-order valence-corrected chi connectivity index (χ2v) is 11.0. The fourth-order valence-electron chi connectivity index (χ4n) is 4.79. The lowest BCUT2D eigenvalue weighted by Crippen LogP contribution is -2.51. The van der Waals surface area contributed by atoms with E-state index in [1.807, 2.05) is 6.07 Å². The highest BCUT2D eigenvalue weighted by Crippen LogP contribution is 2.46. The number of anilines is 1. The van der Waals surface area contributed by atoms with Gasteiger partial charge in [-0.15, -0.1) is 0 Å². The average Bonchev–Trinajstić information content (AvgIpc) is 3.23. The summed E-state index contributed by atoms with van der Waals surface area (Å²) >= 11 is 0. The van der Waals surface area contributed by atoms with Crippen LogP contribution in [0, 0.1) is 11.3 Å². The molecule has 204 valence electrons. The number of sulfone groups is 1. The van der Waals surface area contributed by atoms with E-state index in [4.69, 9.17) is 4.74 Å². The Balaban J connectivity index is 1.97. The Hall–Kier alpha value is -4.18. The van der Waals surface area contributed by atoms with Crippen molar-refractivity contribution in [2.24, 2.45) is 0 Å². The Kier molecular flexibility index (Phi) is 7.27. The third-order valence-corrected chi connectivity index (χ3v) is 7.55. The minimum absolute atomic E-state index is 0.0327. The largest absolute Gasteiger partial charge is 0.464 e. The highest BCUT2D eigenvalue weighted by atomic mass is 32.2. The van der Waals surface area contributed by atoms with E-state index in [2.05, 4.69) is 0 Å². The van der Waals surface area contributed by atoms with Crippen molar-refractivity contribution in [2.45, 2.75) is 36.9 Å². The number of carbonyl (C=O) groups is 3. The van der Waals surface area contributed by atoms with Crippen LogP contribution in [0.3, 0.4) is 0 Å². The number of Topliss-reactive ketones (excluding diaryl/α,β-unsaturated/α-hetero) is 1. The number of rotatable bonds is 6. The highest BCUT2D eigenvalue weighted by Gasteiger charge is 2.47. The van der Waals surface area contributed by atoms with Crippen LogP contribution in [0.1, 0.15) is 42.5 Å². The number of carbonyl (C=O) groups excluding carboxylic acids is 3. The van der Waals surface area contributed by atoms with E-state index in [0.717, 1.165) is 47.2 Å². The molecule has 2 aliphatic rings. The van der Waals surface area contributed by atoms with Gasteiger partial charge >= 0.3 is 18.2 Å². The number of hydrogen-bond donors (Lipinski definition) is 0. The number of esters is 1. The van der Waals surface area contributed by atoms with Crippen LogP contribution in [-0.2, 0) is 30.3 Å². The predicted octanol–water partition coefficient (Wildman–Crippen LogP) is 4.14. The number of ether oxygens (including phenoxy) is 1. The summed E-state index contributed by atoms with van der Waals surface area (Å²) in [7, 11) is -3.97. The first-order valence-corrected chi connectivity index (χ1v) is 13.5. The van der Waals surface area contributed by atoms with Crippen LogP contribution >= 0.6 is 0 Å². The number of alkyl halides is 3. The van der Waals surface area contributed by atoms with Crippen LogP contribution < -0.4 is 4.90 Å². The summed E-state index contributed by atoms with van der Waals surface area (Å²) < 4.78 is 70.9. The molecular formula is C26H22F3N3O6S. The molecule has 0 fully saturated rings. The van der Waals surface area contributed by atoms with Crippen LogP contribution in [-0.4, -0.2) is 50.5 Å². The van der Waals surface area contributed by atoms with E-state index in [0.29, 0.717) is 0 Å². The van der Waals surface area contributed by atoms with Crippen molar-refractivity contribution in [3.8, 4) is 6.07 Å². The van der Waals surface area contributed by atoms with Gasteiger partial charge in [0.1, 0.15) is 6.61 Å². The summed E-state index contributed by atoms with van der Waals surface area (Å²) in [6, 6.07) is 7.67. The molecule has 4 rings (SSSR count). The number of nitrogens with zero attached hydrogens (tertiary/aromatic N) is 3. The zero-order chi connectivity index (χ0) is 28.7. The number of allylic oxidation sites excluding steroid dienone is 1. The number of halogens is 3. The van der Waals surface area contributed by atoms with Gasteiger partial charge in [-0.3, -0.25) is 14.5 Å². The number of amides is 2. The van der Waals surface area contributed by atoms with Gasteiger partial charge in [0.25, 0.3) is 0 Å². The third-order valence-electron chi connectivity index (χ3n) is 6.40. The molecule has 1 aliphatic heterocycles. The maximum absolute atomic E-state index is 14.0. The second kappa shape index (κ2) is 10.2. The zero-order valence-electron chi connectivity index (χ0n) is 20.8. The molecular weight excluding hydrogens is 539 g/mol. The van der Waals surface area contributed by atoms with Crippen LogP contribution in [0.15, 0.2) is 58.6 Å². The summed E-state index contributed by atoms with van der Waals surface area (Å²) in [4.78, 5) is 40.4. The predicted molar refractivity (Wildman–Crippen MR) is 131 cm³/mol. The van der Waals surface area contributed by atoms with Gasteiger partial charge < -0.3 is 9.64 Å². The molecule has 2 aromatic carbocycles. The summed E-state index contributed by atoms with van der Waals surface area (Å²) in [5, 5.41) is 9.32. The molecule has 0 N–H and O–H groups in total. The third kappa shape index (κ3) is 5.37. The fourth-order valence-corrected chi connectivity index (χ4v) is 5.74. The molecule has 1 unspecified atom stereocenters. The van der Waals surface area contributed by atoms with Crippen molar-refractivity contribution < 1.29 is 40.7 Å². The summed E-state index contributed by atoms with van der Waals surface area (Å²) in [6.07, 6.45) is -3.79. The Labute approximate surface area is 222 Å². The number of benzene rings is 2. The van der Waals surface area contributed by atoms with Gasteiger partial charge in [0.05, 0.1) is 40.4 Å². The minimum atomic E-state index is -4.69. The Morgan fingerprint density at radius 3 is 2.49 bits per heavy atom. The van der Waals surface area contributed by atoms with Gasteiger partial charge in [-0.1, -0.05) is 12.1 Å². The zero-order valence-corrected chi connectivity index (χ0v) is 21.6. The van der Waals surface area contributed by atoms with Crippen molar-refractivity contribution in [1.82, 2.24) is 4.90 Å². The van der Waals surface area contributed by atoms with Crippen molar-refractivity contribution in [1.29, 1.82) is 5.26 Å². The molecule has 0 spiro atoms. The molecule has 2 aromatic rings. The smallest absolute Gasteiger partial charge is 0.416 e. The Bertz CT molecular complexity index is 1560. The van der Waals surface area contributed by atoms with E-state index in [1.165, 1.54) is 18.2 Å². The molecule has 0 bridgehead atoms. The Morgan fingerprint density at radius 2 is 1.87 bits per heavy atom. The molecule has 1 atom stereocenters. The molecule has 9 nitrogen and oxygen atoms in total. The first-order chi connectivity index (χ1) is 18.2. The molecule has 0 aromatic heterocycles. The van der Waals surface area contributed by atoms with Crippen LogP contribution in [0.4, 0.5) is 23.7 Å². The molecule has 0 saturated carbocycles. The van der Waals surface area contributed by atoms with Gasteiger partial charge in [0, 0.05) is 30.9 Å². The minimum Gasteiger partial charge on any atom is -0.464 e. The summed E-state index contributed by atoms with van der Waals surface area (Å²) in [5.41, 5.74) is -0.855.